The molecule has 0 radical (unpaired) electrons. The molecule has 0 spiro atoms. The minimum atomic E-state index is -2.98. The highest BCUT2D eigenvalue weighted by atomic mass is 19.3. The van der Waals surface area contributed by atoms with Gasteiger partial charge in [-0.1, -0.05) is 0 Å². The predicted molar refractivity (Wildman–Crippen MR) is 53.9 cm³/mol. The molecule has 0 saturated heterocycles. The van der Waals surface area contributed by atoms with Crippen molar-refractivity contribution in [2.45, 2.75) is 20.0 Å². The summed E-state index contributed by atoms with van der Waals surface area (Å²) >= 11 is 0. The molecular weight excluding hydrogens is 232 g/mol. The molecule has 0 unspecified atom stereocenters. The van der Waals surface area contributed by atoms with Gasteiger partial charge in [-0.05, 0) is 30.2 Å². The van der Waals surface area contributed by atoms with Crippen molar-refractivity contribution in [2.24, 2.45) is 0 Å². The summed E-state index contributed by atoms with van der Waals surface area (Å²) in [5, 5.41) is 17.5. The van der Waals surface area contributed by atoms with Crippen LogP contribution in [-0.2, 0) is 11.2 Å². The minimum absolute atomic E-state index is 0.0306. The van der Waals surface area contributed by atoms with Gasteiger partial charge in [0.25, 0.3) is 0 Å². The summed E-state index contributed by atoms with van der Waals surface area (Å²) in [6.45, 7) is -1.44. The van der Waals surface area contributed by atoms with Crippen molar-refractivity contribution < 1.29 is 23.4 Å². The lowest BCUT2D eigenvalue weighted by Gasteiger charge is -2.10. The molecule has 0 aliphatic rings. The van der Waals surface area contributed by atoms with Crippen LogP contribution >= 0.6 is 0 Å². The van der Waals surface area contributed by atoms with Gasteiger partial charge >= 0.3 is 12.6 Å². The van der Waals surface area contributed by atoms with E-state index in [1.54, 1.807) is 6.07 Å². The minimum Gasteiger partial charge on any atom is -0.481 e. The third-order valence-electron chi connectivity index (χ3n) is 2.12. The van der Waals surface area contributed by atoms with Gasteiger partial charge in [-0.3, -0.25) is 4.79 Å². The van der Waals surface area contributed by atoms with Crippen molar-refractivity contribution in [1.29, 1.82) is 5.26 Å². The van der Waals surface area contributed by atoms with E-state index in [2.05, 4.69) is 4.74 Å². The molecule has 1 N–H and O–H groups in total. The lowest BCUT2D eigenvalue weighted by atomic mass is 9.99. The van der Waals surface area contributed by atoms with Gasteiger partial charge in [0.2, 0.25) is 0 Å². The Hall–Kier alpha value is -2.16. The summed E-state index contributed by atoms with van der Waals surface area (Å²) in [7, 11) is 0. The molecule has 1 rings (SSSR count). The molecule has 4 nitrogen and oxygen atoms in total. The number of carboxylic acid groups (broad SMARTS) is 1. The maximum atomic E-state index is 12.0. The van der Waals surface area contributed by atoms with Crippen LogP contribution in [0.2, 0.25) is 0 Å². The maximum absolute atomic E-state index is 12.0. The molecule has 90 valence electrons. The summed E-state index contributed by atoms with van der Waals surface area (Å²) in [5.41, 5.74) is 0.770. The number of hydrogen-bond donors (Lipinski definition) is 1. The normalized spacial score (nSPS) is 10.1. The Labute approximate surface area is 96.0 Å². The highest BCUT2D eigenvalue weighted by molar-refractivity contribution is 5.72. The first kappa shape index (κ1) is 12.9. The van der Waals surface area contributed by atoms with Crippen molar-refractivity contribution in [2.75, 3.05) is 0 Å². The van der Waals surface area contributed by atoms with Gasteiger partial charge in [-0.25, -0.2) is 0 Å². The molecule has 0 aliphatic carbocycles. The fourth-order valence-electron chi connectivity index (χ4n) is 1.44. The lowest BCUT2D eigenvalue weighted by Crippen LogP contribution is -2.07. The van der Waals surface area contributed by atoms with Crippen LogP contribution in [0.1, 0.15) is 16.7 Å². The molecule has 0 aromatic heterocycles. The average Bonchev–Trinajstić information content (AvgIpc) is 2.20. The van der Waals surface area contributed by atoms with Gasteiger partial charge in [-0.2, -0.15) is 14.0 Å². The quantitative estimate of drug-likeness (QED) is 0.876. The Bertz CT molecular complexity index is 480. The van der Waals surface area contributed by atoms with E-state index < -0.39 is 12.6 Å². The molecular formula is C11H9F2NO3. The molecule has 0 amide bonds. The van der Waals surface area contributed by atoms with Crippen molar-refractivity contribution in [1.82, 2.24) is 0 Å². The van der Waals surface area contributed by atoms with Crippen LogP contribution in [0.25, 0.3) is 0 Å². The van der Waals surface area contributed by atoms with E-state index in [-0.39, 0.29) is 17.7 Å². The number of rotatable bonds is 4. The lowest BCUT2D eigenvalue weighted by molar-refractivity contribution is -0.136. The summed E-state index contributed by atoms with van der Waals surface area (Å²) in [5.74, 6) is -1.24. The summed E-state index contributed by atoms with van der Waals surface area (Å²) in [6.07, 6.45) is -0.330. The highest BCUT2D eigenvalue weighted by Crippen LogP contribution is 2.23. The fourth-order valence-corrected chi connectivity index (χ4v) is 1.44. The second-order valence-electron chi connectivity index (χ2n) is 3.33. The van der Waals surface area contributed by atoms with Crippen LogP contribution in [0, 0.1) is 18.3 Å². The summed E-state index contributed by atoms with van der Waals surface area (Å²) in [4.78, 5) is 10.6. The number of ether oxygens (including phenoxy) is 1. The van der Waals surface area contributed by atoms with Gasteiger partial charge in [-0.15, -0.1) is 0 Å². The number of nitrogens with zero attached hydrogens (tertiary/aromatic N) is 1. The van der Waals surface area contributed by atoms with E-state index in [9.17, 15) is 13.6 Å². The monoisotopic (exact) mass is 241 g/mol. The number of alkyl halides is 2. The summed E-state index contributed by atoms with van der Waals surface area (Å²) in [6, 6.07) is 4.16. The van der Waals surface area contributed by atoms with Crippen molar-refractivity contribution in [3.63, 3.8) is 0 Å². The van der Waals surface area contributed by atoms with E-state index in [1.165, 1.54) is 13.0 Å². The molecule has 0 aliphatic heterocycles. The largest absolute Gasteiger partial charge is 0.481 e. The zero-order valence-electron chi connectivity index (χ0n) is 8.91. The molecule has 6 heteroatoms. The number of benzene rings is 1. The average molecular weight is 241 g/mol. The number of aliphatic carboxylic acids is 1. The van der Waals surface area contributed by atoms with Crippen molar-refractivity contribution in [3.05, 3.63) is 28.8 Å². The van der Waals surface area contributed by atoms with Crippen LogP contribution in [0.5, 0.6) is 5.75 Å². The zero-order chi connectivity index (χ0) is 13.0. The number of nitriles is 1. The van der Waals surface area contributed by atoms with Crippen LogP contribution in [-0.4, -0.2) is 17.7 Å². The topological polar surface area (TPSA) is 70.3 Å². The van der Waals surface area contributed by atoms with Crippen molar-refractivity contribution >= 4 is 5.97 Å². The Morgan fingerprint density at radius 2 is 2.24 bits per heavy atom. The molecule has 0 atom stereocenters. The van der Waals surface area contributed by atoms with Gasteiger partial charge in [0, 0.05) is 0 Å². The standard InChI is InChI=1S/C11H9F2NO3/c1-6-2-8(17-11(12)13)3-7(5-14)9(6)4-10(15)16/h2-3,11H,4H2,1H3,(H,15,16). The van der Waals surface area contributed by atoms with E-state index in [4.69, 9.17) is 10.4 Å². The molecule has 17 heavy (non-hydrogen) atoms. The molecule has 0 heterocycles. The van der Waals surface area contributed by atoms with E-state index in [0.717, 1.165) is 6.07 Å². The number of halogens is 2. The smallest absolute Gasteiger partial charge is 0.387 e. The van der Waals surface area contributed by atoms with Gasteiger partial charge < -0.3 is 9.84 Å². The molecule has 0 saturated carbocycles. The Balaban J connectivity index is 3.17. The number of carbonyl (C=O) groups is 1. The molecule has 1 aromatic carbocycles. The fraction of sp³-hybridized carbons (Fsp3) is 0.273. The number of carboxylic acids is 1. The molecule has 0 fully saturated rings. The van der Waals surface area contributed by atoms with E-state index >= 15 is 0 Å². The Kier molecular flexibility index (Phi) is 3.99. The van der Waals surface area contributed by atoms with Crippen molar-refractivity contribution in [3.8, 4) is 11.8 Å². The molecule has 0 bridgehead atoms. The third-order valence-corrected chi connectivity index (χ3v) is 2.12. The maximum Gasteiger partial charge on any atom is 0.387 e. The Morgan fingerprint density at radius 1 is 1.59 bits per heavy atom. The second-order valence-corrected chi connectivity index (χ2v) is 3.33. The first-order valence-corrected chi connectivity index (χ1v) is 4.64. The predicted octanol–water partition coefficient (Wildman–Crippen LogP) is 2.10. The van der Waals surface area contributed by atoms with E-state index in [1.807, 2.05) is 0 Å². The summed E-state index contributed by atoms with van der Waals surface area (Å²) < 4.78 is 28.2. The SMILES string of the molecule is Cc1cc(OC(F)F)cc(C#N)c1CC(=O)O. The van der Waals surface area contributed by atoms with Gasteiger partial charge in [0.1, 0.15) is 5.75 Å². The number of aryl methyl sites for hydroxylation is 1. The van der Waals surface area contributed by atoms with Gasteiger partial charge in [0.15, 0.2) is 0 Å². The first-order valence-electron chi connectivity index (χ1n) is 4.64. The van der Waals surface area contributed by atoms with Gasteiger partial charge in [0.05, 0.1) is 18.1 Å². The Morgan fingerprint density at radius 3 is 2.71 bits per heavy atom. The molecule has 1 aromatic rings. The first-order chi connectivity index (χ1) is 7.93. The zero-order valence-corrected chi connectivity index (χ0v) is 8.91. The van der Waals surface area contributed by atoms with Crippen LogP contribution < -0.4 is 4.74 Å². The third kappa shape index (κ3) is 3.41. The van der Waals surface area contributed by atoms with Crippen LogP contribution in [0.4, 0.5) is 8.78 Å². The van der Waals surface area contributed by atoms with Crippen LogP contribution in [0.3, 0.4) is 0 Å². The van der Waals surface area contributed by atoms with Crippen LogP contribution in [0.15, 0.2) is 12.1 Å². The number of hydrogen-bond acceptors (Lipinski definition) is 3. The highest BCUT2D eigenvalue weighted by Gasteiger charge is 2.13. The van der Waals surface area contributed by atoms with E-state index in [0.29, 0.717) is 11.1 Å². The second kappa shape index (κ2) is 5.25.